The lowest BCUT2D eigenvalue weighted by molar-refractivity contribution is -0.144. The molecule has 5 heteroatoms. The van der Waals surface area contributed by atoms with Gasteiger partial charge < -0.3 is 18.9 Å². The van der Waals surface area contributed by atoms with Gasteiger partial charge in [0, 0.05) is 28.8 Å². The summed E-state index contributed by atoms with van der Waals surface area (Å²) in [5.74, 6) is 1.98. The first-order valence-electron chi connectivity index (χ1n) is 10.9. The molecule has 4 rings (SSSR count). The number of hydrogen-bond acceptors (Lipinski definition) is 5. The Labute approximate surface area is 191 Å². The van der Waals surface area contributed by atoms with Gasteiger partial charge in [0.25, 0.3) is 0 Å². The fourth-order valence-corrected chi connectivity index (χ4v) is 3.80. The Hall–Kier alpha value is -3.47. The second kappa shape index (κ2) is 10.7. The van der Waals surface area contributed by atoms with Crippen LogP contribution in [0.4, 0.5) is 0 Å². The van der Waals surface area contributed by atoms with Crippen molar-refractivity contribution in [2.24, 2.45) is 0 Å². The highest BCUT2D eigenvalue weighted by molar-refractivity contribution is 5.98. The molecule has 2 aromatic rings. The molecule has 170 valence electrons. The van der Waals surface area contributed by atoms with Gasteiger partial charge >= 0.3 is 5.97 Å². The highest BCUT2D eigenvalue weighted by Crippen LogP contribution is 2.57. The van der Waals surface area contributed by atoms with E-state index in [0.29, 0.717) is 45.3 Å². The summed E-state index contributed by atoms with van der Waals surface area (Å²) in [6.07, 6.45) is 5.23. The minimum Gasteiger partial charge on any atom is -0.497 e. The molecule has 0 N–H and O–H groups in total. The summed E-state index contributed by atoms with van der Waals surface area (Å²) in [4.78, 5) is 12.8. The van der Waals surface area contributed by atoms with Crippen LogP contribution in [0.5, 0.6) is 23.0 Å². The molecule has 2 aliphatic rings. The van der Waals surface area contributed by atoms with Crippen LogP contribution in [0.1, 0.15) is 45.7 Å². The molecular formula is C27H32O5. The summed E-state index contributed by atoms with van der Waals surface area (Å²) in [6, 6.07) is 10.9. The van der Waals surface area contributed by atoms with Crippen molar-refractivity contribution in [3.8, 4) is 23.0 Å². The molecule has 0 aliphatic carbocycles. The minimum atomic E-state index is -1.14. The largest absolute Gasteiger partial charge is 0.497 e. The molecule has 2 aliphatic heterocycles. The molecule has 0 aromatic heterocycles. The Morgan fingerprint density at radius 3 is 1.81 bits per heavy atom. The van der Waals surface area contributed by atoms with E-state index in [2.05, 4.69) is 6.58 Å². The maximum atomic E-state index is 12.8. The first-order chi connectivity index (χ1) is 15.6. The van der Waals surface area contributed by atoms with Crippen molar-refractivity contribution >= 4 is 5.97 Å². The smallest absolute Gasteiger partial charge is 0.340 e. The number of ether oxygens (including phenoxy) is 4. The fourth-order valence-electron chi connectivity index (χ4n) is 3.80. The summed E-state index contributed by atoms with van der Waals surface area (Å²) in [6.45, 7) is 13.8. The van der Waals surface area contributed by atoms with E-state index < -0.39 is 11.6 Å². The zero-order valence-corrected chi connectivity index (χ0v) is 19.9. The first-order valence-corrected chi connectivity index (χ1v) is 10.9. The molecule has 0 atom stereocenters. The third kappa shape index (κ3) is 3.91. The Bertz CT molecular complexity index is 993. The second-order valence-corrected chi connectivity index (χ2v) is 6.43. The standard InChI is InChI=1S/C23H20O5.2C2H6/c1-5-7-16-17(6-2)23(28-22(16)24)18-10-8-14(25-3)12-20(18)27-21-13-15(26-4)9-11-19(21)23;2*1-2/h5-13H,2H2,1,3-4H3;2*1-2H3/b7-5-;;. The van der Waals surface area contributed by atoms with Gasteiger partial charge in [-0.3, -0.25) is 0 Å². The fraction of sp³-hybridized carbons (Fsp3) is 0.296. The molecule has 2 aromatic carbocycles. The average molecular weight is 437 g/mol. The minimum absolute atomic E-state index is 0.404. The number of hydrogen-bond donors (Lipinski definition) is 0. The molecule has 0 bridgehead atoms. The Morgan fingerprint density at radius 1 is 0.906 bits per heavy atom. The van der Waals surface area contributed by atoms with Gasteiger partial charge in [0.15, 0.2) is 5.60 Å². The Balaban J connectivity index is 0.000000860. The molecule has 1 spiro atoms. The van der Waals surface area contributed by atoms with Crippen molar-refractivity contribution in [2.75, 3.05) is 14.2 Å². The van der Waals surface area contributed by atoms with Crippen molar-refractivity contribution in [3.63, 3.8) is 0 Å². The van der Waals surface area contributed by atoms with Crippen molar-refractivity contribution < 1.29 is 23.7 Å². The van der Waals surface area contributed by atoms with Gasteiger partial charge in [-0.2, -0.15) is 0 Å². The van der Waals surface area contributed by atoms with E-state index in [-0.39, 0.29) is 0 Å². The van der Waals surface area contributed by atoms with Crippen molar-refractivity contribution in [3.05, 3.63) is 83.5 Å². The molecular weight excluding hydrogens is 404 g/mol. The van der Waals surface area contributed by atoms with E-state index in [9.17, 15) is 4.79 Å². The number of esters is 1. The van der Waals surface area contributed by atoms with Crippen LogP contribution in [-0.2, 0) is 15.1 Å². The highest BCUT2D eigenvalue weighted by atomic mass is 16.6. The molecule has 0 amide bonds. The number of benzene rings is 2. The monoisotopic (exact) mass is 436 g/mol. The topological polar surface area (TPSA) is 54.0 Å². The zero-order valence-electron chi connectivity index (χ0n) is 19.9. The molecule has 0 unspecified atom stereocenters. The zero-order chi connectivity index (χ0) is 23.9. The van der Waals surface area contributed by atoms with Crippen LogP contribution in [0.2, 0.25) is 0 Å². The van der Waals surface area contributed by atoms with Gasteiger partial charge in [-0.1, -0.05) is 52.5 Å². The van der Waals surface area contributed by atoms with E-state index in [4.69, 9.17) is 18.9 Å². The van der Waals surface area contributed by atoms with Gasteiger partial charge in [-0.05, 0) is 31.2 Å². The lowest BCUT2D eigenvalue weighted by Crippen LogP contribution is -2.33. The molecule has 32 heavy (non-hydrogen) atoms. The normalized spacial score (nSPS) is 14.8. The third-order valence-corrected chi connectivity index (χ3v) is 5.03. The van der Waals surface area contributed by atoms with Crippen LogP contribution in [0, 0.1) is 0 Å². The molecule has 0 saturated heterocycles. The first kappa shape index (κ1) is 24.8. The summed E-state index contributed by atoms with van der Waals surface area (Å²) in [7, 11) is 3.18. The Morgan fingerprint density at radius 2 is 1.41 bits per heavy atom. The van der Waals surface area contributed by atoms with Crippen LogP contribution >= 0.6 is 0 Å². The van der Waals surface area contributed by atoms with Crippen molar-refractivity contribution in [1.29, 1.82) is 0 Å². The number of carbonyl (C=O) groups is 1. The number of methoxy groups -OCH3 is 2. The molecule has 0 saturated carbocycles. The molecule has 5 nitrogen and oxygen atoms in total. The summed E-state index contributed by atoms with van der Waals surface area (Å²) in [5.41, 5.74) is 1.44. The van der Waals surface area contributed by atoms with Crippen LogP contribution in [0.3, 0.4) is 0 Å². The lowest BCUT2D eigenvalue weighted by Gasteiger charge is -2.37. The second-order valence-electron chi connectivity index (χ2n) is 6.43. The molecule has 0 fully saturated rings. The highest BCUT2D eigenvalue weighted by Gasteiger charge is 2.53. The predicted molar refractivity (Wildman–Crippen MR) is 128 cm³/mol. The number of fused-ring (bicyclic) bond motifs is 4. The van der Waals surface area contributed by atoms with Gasteiger partial charge in [0.2, 0.25) is 0 Å². The number of rotatable bonds is 4. The lowest BCUT2D eigenvalue weighted by atomic mass is 9.77. The molecule has 2 heterocycles. The predicted octanol–water partition coefficient (Wildman–Crippen LogP) is 6.72. The molecule has 0 radical (unpaired) electrons. The SMILES string of the molecule is C=CC1=C(/C=C\C)C(=O)OC12c1ccc(OC)cc1Oc1cc(OC)ccc12.CC.CC. The van der Waals surface area contributed by atoms with Crippen LogP contribution in [0.15, 0.2) is 72.4 Å². The summed E-state index contributed by atoms with van der Waals surface area (Å²) < 4.78 is 22.9. The van der Waals surface area contributed by atoms with E-state index in [1.165, 1.54) is 0 Å². The van der Waals surface area contributed by atoms with Gasteiger partial charge in [0.05, 0.1) is 19.8 Å². The summed E-state index contributed by atoms with van der Waals surface area (Å²) in [5, 5.41) is 0. The van der Waals surface area contributed by atoms with Crippen LogP contribution < -0.4 is 14.2 Å². The van der Waals surface area contributed by atoms with Crippen molar-refractivity contribution in [2.45, 2.75) is 40.2 Å². The maximum Gasteiger partial charge on any atom is 0.340 e. The van der Waals surface area contributed by atoms with Gasteiger partial charge in [-0.25, -0.2) is 4.79 Å². The van der Waals surface area contributed by atoms with E-state index in [1.807, 2.05) is 65.0 Å². The van der Waals surface area contributed by atoms with Crippen LogP contribution in [0.25, 0.3) is 0 Å². The maximum absolute atomic E-state index is 12.8. The van der Waals surface area contributed by atoms with Gasteiger partial charge in [0.1, 0.15) is 23.0 Å². The van der Waals surface area contributed by atoms with Gasteiger partial charge in [-0.15, -0.1) is 0 Å². The summed E-state index contributed by atoms with van der Waals surface area (Å²) >= 11 is 0. The third-order valence-electron chi connectivity index (χ3n) is 5.03. The van der Waals surface area contributed by atoms with E-state index in [0.717, 1.165) is 0 Å². The number of allylic oxidation sites excluding steroid dienone is 1. The van der Waals surface area contributed by atoms with E-state index in [1.54, 1.807) is 38.5 Å². The Kier molecular flexibility index (Phi) is 8.30. The van der Waals surface area contributed by atoms with Crippen LogP contribution in [-0.4, -0.2) is 20.2 Å². The van der Waals surface area contributed by atoms with Crippen molar-refractivity contribution in [1.82, 2.24) is 0 Å². The van der Waals surface area contributed by atoms with E-state index >= 15 is 0 Å². The number of carbonyl (C=O) groups excluding carboxylic acids is 1. The average Bonchev–Trinajstić information content (AvgIpc) is 3.12. The quantitative estimate of drug-likeness (QED) is 0.498.